The summed E-state index contributed by atoms with van der Waals surface area (Å²) in [5.74, 6) is 2.85. The van der Waals surface area contributed by atoms with E-state index in [1.165, 1.54) is 113 Å². The van der Waals surface area contributed by atoms with Crippen LogP contribution in [0, 0.1) is 0 Å². The maximum Gasteiger partial charge on any atom is 0.475 e. The maximum atomic E-state index is 14.5. The average Bonchev–Trinajstić information content (AvgIpc) is 3.49. The molecule has 0 atom stereocenters. The third-order valence-corrected chi connectivity index (χ3v) is 17.4. The van der Waals surface area contributed by atoms with E-state index >= 15 is 0 Å². The highest BCUT2D eigenvalue weighted by Gasteiger charge is 2.46. The minimum Gasteiger partial charge on any atom is -0.494 e. The lowest BCUT2D eigenvalue weighted by molar-refractivity contribution is -0.147. The van der Waals surface area contributed by atoms with Crippen molar-refractivity contribution in [3.63, 3.8) is 0 Å². The Morgan fingerprint density at radius 3 is 0.950 bits per heavy atom. The highest BCUT2D eigenvalue weighted by molar-refractivity contribution is 7.48. The number of nitrogens with zero attached hydrogens (tertiary/aromatic N) is 3. The van der Waals surface area contributed by atoms with Crippen LogP contribution in [-0.4, -0.2) is 110 Å². The molecule has 0 saturated carbocycles. The molecule has 13 nitrogen and oxygen atoms in total. The lowest BCUT2D eigenvalue weighted by atomic mass is 10.1. The van der Waals surface area contributed by atoms with Crippen LogP contribution < -0.4 is 14.2 Å². The summed E-state index contributed by atoms with van der Waals surface area (Å²) >= 11 is 0. The number of ether oxygens (including phenoxy) is 3. The summed E-state index contributed by atoms with van der Waals surface area (Å²) in [6, 6.07) is 24.9. The predicted octanol–water partition coefficient (Wildman–Crippen LogP) is 15.2. The van der Waals surface area contributed by atoms with E-state index in [9.17, 15) is 18.9 Å². The Morgan fingerprint density at radius 1 is 0.388 bits per heavy atom. The highest BCUT2D eigenvalue weighted by atomic mass is 31.2. The zero-order valence-corrected chi connectivity index (χ0v) is 50.5. The fraction of sp³-hybridized carbons (Fsp3) is 0.682. The summed E-state index contributed by atoms with van der Waals surface area (Å²) in [7, 11) is -4.14. The summed E-state index contributed by atoms with van der Waals surface area (Å²) in [6.45, 7) is 10.7. The second kappa shape index (κ2) is 37.6. The molecule has 446 valence electrons. The van der Waals surface area contributed by atoms with Crippen molar-refractivity contribution >= 4 is 25.5 Å². The number of unbranched alkanes of at least 4 members (excludes halogenated alkanes) is 18. The Morgan fingerprint density at radius 2 is 0.662 bits per heavy atom. The standard InChI is InChI=1S/C66H102N3O10P/c1-4-7-10-13-16-25-43-74-58-37-28-34-55(46-58)31-19-22-40-64(70)67-49-61(50-67)77-80(73,78-62-51-68(52-62)65(71)41-23-20-32-56-35-29-38-59(47-56)75-44-26-17-14-11-8-5-2)79-63-53-69(54-63)66(72)42-24-21-33-57-36-30-39-60(48-57)76-45-27-18-15-12-9-6-3/h28-30,34-39,46-48,61-63H,4-27,31-33,40-45,49-54H2,1-3H3. The molecule has 0 N–H and O–H groups in total. The molecule has 3 amide bonds. The minimum atomic E-state index is -4.14. The molecule has 0 aromatic heterocycles. The number of phosphoric acid groups is 1. The third-order valence-electron chi connectivity index (χ3n) is 15.8. The second-order valence-electron chi connectivity index (χ2n) is 22.9. The van der Waals surface area contributed by atoms with Crippen LogP contribution in [0.4, 0.5) is 0 Å². The van der Waals surface area contributed by atoms with Gasteiger partial charge >= 0.3 is 7.82 Å². The van der Waals surface area contributed by atoms with Crippen LogP contribution in [0.3, 0.4) is 0 Å². The number of hydrogen-bond acceptors (Lipinski definition) is 10. The van der Waals surface area contributed by atoms with Crippen LogP contribution in [-0.2, 0) is 51.8 Å². The van der Waals surface area contributed by atoms with Gasteiger partial charge < -0.3 is 28.9 Å². The second-order valence-corrected chi connectivity index (χ2v) is 24.5. The predicted molar refractivity (Wildman–Crippen MR) is 321 cm³/mol. The third kappa shape index (κ3) is 25.0. The lowest BCUT2D eigenvalue weighted by Gasteiger charge is -2.45. The van der Waals surface area contributed by atoms with E-state index in [4.69, 9.17) is 27.8 Å². The van der Waals surface area contributed by atoms with Crippen LogP contribution in [0.1, 0.15) is 211 Å². The molecule has 3 aromatic rings. The van der Waals surface area contributed by atoms with Gasteiger partial charge in [0.1, 0.15) is 35.6 Å². The van der Waals surface area contributed by atoms with Crippen molar-refractivity contribution in [1.29, 1.82) is 0 Å². The number of likely N-dealkylation sites (tertiary alicyclic amines) is 3. The maximum absolute atomic E-state index is 14.5. The van der Waals surface area contributed by atoms with Gasteiger partial charge in [-0.2, -0.15) is 0 Å². The van der Waals surface area contributed by atoms with Crippen molar-refractivity contribution in [2.45, 2.75) is 232 Å². The molecule has 14 heteroatoms. The Labute approximate surface area is 482 Å². The molecular weight excluding hydrogens is 1030 g/mol. The molecule has 3 heterocycles. The SMILES string of the molecule is CCCCCCCCOc1cccc(CCCCC(=O)N2CC(OP(=O)(OC3CN(C(=O)CCCCc4cccc(OCCCCCCCC)c4)C3)OC3CN(C(=O)CCCCc4cccc(OCCCCCCCC)c4)C3)C2)c1. The summed E-state index contributed by atoms with van der Waals surface area (Å²) < 4.78 is 51.0. The number of phosphoric ester groups is 1. The smallest absolute Gasteiger partial charge is 0.475 e. The normalized spacial score (nSPS) is 14.9. The van der Waals surface area contributed by atoms with Gasteiger partial charge in [0, 0.05) is 58.5 Å². The molecular formula is C66H102N3O10P. The molecule has 3 aliphatic heterocycles. The zero-order valence-electron chi connectivity index (χ0n) is 49.6. The van der Waals surface area contributed by atoms with E-state index in [2.05, 4.69) is 57.2 Å². The molecule has 0 bridgehead atoms. The van der Waals surface area contributed by atoms with Gasteiger partial charge in [0.15, 0.2) is 0 Å². The van der Waals surface area contributed by atoms with Crippen molar-refractivity contribution in [2.24, 2.45) is 0 Å². The summed E-state index contributed by atoms with van der Waals surface area (Å²) in [5.41, 5.74) is 3.62. The van der Waals surface area contributed by atoms with Crippen molar-refractivity contribution in [3.05, 3.63) is 89.5 Å². The fourth-order valence-corrected chi connectivity index (χ4v) is 12.3. The Balaban J connectivity index is 0.898. The van der Waals surface area contributed by atoms with Crippen LogP contribution in [0.2, 0.25) is 0 Å². The number of carbonyl (C=O) groups is 3. The van der Waals surface area contributed by atoms with Gasteiger partial charge in [0.25, 0.3) is 0 Å². The molecule has 0 aliphatic carbocycles. The first-order chi connectivity index (χ1) is 39.1. The van der Waals surface area contributed by atoms with E-state index in [0.717, 1.165) is 114 Å². The zero-order chi connectivity index (χ0) is 56.5. The van der Waals surface area contributed by atoms with Crippen LogP contribution in [0.15, 0.2) is 72.8 Å². The molecule has 0 radical (unpaired) electrons. The molecule has 3 aliphatic rings. The fourth-order valence-electron chi connectivity index (χ4n) is 10.6. The molecule has 0 spiro atoms. The van der Waals surface area contributed by atoms with Crippen LogP contribution in [0.5, 0.6) is 17.2 Å². The lowest BCUT2D eigenvalue weighted by Crippen LogP contribution is -2.57. The number of aryl methyl sites for hydroxylation is 3. The van der Waals surface area contributed by atoms with Gasteiger partial charge in [-0.05, 0) is 130 Å². The first kappa shape index (κ1) is 64.7. The first-order valence-electron chi connectivity index (χ1n) is 31.8. The molecule has 0 unspecified atom stereocenters. The van der Waals surface area contributed by atoms with Crippen molar-refractivity contribution in [3.8, 4) is 17.2 Å². The average molecular weight is 1130 g/mol. The molecule has 80 heavy (non-hydrogen) atoms. The Kier molecular flexibility index (Phi) is 30.5. The number of amides is 3. The number of hydrogen-bond donors (Lipinski definition) is 0. The van der Waals surface area contributed by atoms with Crippen LogP contribution >= 0.6 is 7.82 Å². The van der Waals surface area contributed by atoms with Gasteiger partial charge in [-0.1, -0.05) is 153 Å². The number of rotatable bonds is 45. The molecule has 3 aromatic carbocycles. The van der Waals surface area contributed by atoms with Gasteiger partial charge in [-0.15, -0.1) is 0 Å². The summed E-state index contributed by atoms with van der Waals surface area (Å²) in [5, 5.41) is 0. The quantitative estimate of drug-likeness (QED) is 0.0398. The summed E-state index contributed by atoms with van der Waals surface area (Å²) in [4.78, 5) is 44.9. The first-order valence-corrected chi connectivity index (χ1v) is 33.2. The monoisotopic (exact) mass is 1130 g/mol. The minimum absolute atomic E-state index is 0.0431. The van der Waals surface area contributed by atoms with Crippen molar-refractivity contribution in [1.82, 2.24) is 14.7 Å². The molecule has 3 saturated heterocycles. The number of carbonyl (C=O) groups excluding carboxylic acids is 3. The molecule has 3 fully saturated rings. The highest BCUT2D eigenvalue weighted by Crippen LogP contribution is 2.55. The van der Waals surface area contributed by atoms with Gasteiger partial charge in [-0.25, -0.2) is 4.57 Å². The van der Waals surface area contributed by atoms with E-state index < -0.39 is 26.1 Å². The van der Waals surface area contributed by atoms with Crippen molar-refractivity contribution < 1.29 is 46.7 Å². The van der Waals surface area contributed by atoms with E-state index in [0.29, 0.717) is 58.5 Å². The Hall–Kier alpha value is -4.42. The molecule has 6 rings (SSSR count). The summed E-state index contributed by atoms with van der Waals surface area (Å²) in [6.07, 6.45) is 29.4. The Bertz CT molecular complexity index is 2020. The van der Waals surface area contributed by atoms with Crippen molar-refractivity contribution in [2.75, 3.05) is 59.1 Å². The van der Waals surface area contributed by atoms with Gasteiger partial charge in [0.2, 0.25) is 17.7 Å². The van der Waals surface area contributed by atoms with E-state index in [1.54, 1.807) is 14.7 Å². The largest absolute Gasteiger partial charge is 0.494 e. The number of benzene rings is 3. The van der Waals surface area contributed by atoms with Gasteiger partial charge in [-0.3, -0.25) is 28.0 Å². The topological polar surface area (TPSA) is 133 Å². The van der Waals surface area contributed by atoms with E-state index in [-0.39, 0.29) is 17.7 Å². The van der Waals surface area contributed by atoms with E-state index in [1.807, 2.05) is 36.4 Å². The van der Waals surface area contributed by atoms with Gasteiger partial charge in [0.05, 0.1) is 19.8 Å². The van der Waals surface area contributed by atoms with Crippen LogP contribution in [0.25, 0.3) is 0 Å².